The van der Waals surface area contributed by atoms with E-state index in [0.29, 0.717) is 0 Å². The van der Waals surface area contributed by atoms with Crippen molar-refractivity contribution in [2.24, 2.45) is 10.4 Å². The third kappa shape index (κ3) is 1.83. The Bertz CT molecular complexity index is 251. The summed E-state index contributed by atoms with van der Waals surface area (Å²) in [4.78, 5) is 4.12. The molecule has 1 aliphatic rings. The van der Waals surface area contributed by atoms with E-state index < -0.39 is 6.10 Å². The van der Waals surface area contributed by atoms with Gasteiger partial charge in [-0.3, -0.25) is 4.99 Å². The fraction of sp³-hybridized carbons (Fsp3) is 0.500. The third-order valence-electron chi connectivity index (χ3n) is 2.24. The summed E-state index contributed by atoms with van der Waals surface area (Å²) in [5.74, 6) is 0. The van der Waals surface area contributed by atoms with Crippen molar-refractivity contribution in [3.63, 3.8) is 0 Å². The van der Waals surface area contributed by atoms with E-state index in [0.717, 1.165) is 5.57 Å². The lowest BCUT2D eigenvalue weighted by Crippen LogP contribution is -2.28. The average molecular weight is 165 g/mol. The van der Waals surface area contributed by atoms with Gasteiger partial charge in [0.15, 0.2) is 0 Å². The molecule has 2 nitrogen and oxygen atoms in total. The molecule has 0 saturated heterocycles. The Balaban J connectivity index is 2.92. The van der Waals surface area contributed by atoms with Gasteiger partial charge in [-0.05, 0) is 26.3 Å². The van der Waals surface area contributed by atoms with E-state index in [1.165, 1.54) is 0 Å². The van der Waals surface area contributed by atoms with Crippen molar-refractivity contribution in [2.75, 3.05) is 0 Å². The maximum atomic E-state index is 9.48. The van der Waals surface area contributed by atoms with Crippen LogP contribution in [0.5, 0.6) is 0 Å². The molecule has 0 radical (unpaired) electrons. The van der Waals surface area contributed by atoms with Gasteiger partial charge in [0.05, 0.1) is 6.10 Å². The first-order valence-electron chi connectivity index (χ1n) is 4.13. The van der Waals surface area contributed by atoms with Gasteiger partial charge in [0, 0.05) is 17.8 Å². The number of hydrogen-bond acceptors (Lipinski definition) is 2. The lowest BCUT2D eigenvalue weighted by molar-refractivity contribution is 0.131. The summed E-state index contributed by atoms with van der Waals surface area (Å²) in [5, 5.41) is 9.48. The molecule has 1 unspecified atom stereocenters. The van der Waals surface area contributed by atoms with E-state index in [4.69, 9.17) is 0 Å². The minimum atomic E-state index is -0.406. The standard InChI is InChI=1S/C10H15NO/c1-8-4-5-10(3,9(2)12)7-11-6-8/h4-7,9,12H,1-3H3/t9?,10-/m0/s1. The Morgan fingerprint density at radius 1 is 1.58 bits per heavy atom. The molecule has 0 bridgehead atoms. The summed E-state index contributed by atoms with van der Waals surface area (Å²) in [5.41, 5.74) is 0.782. The molecule has 12 heavy (non-hydrogen) atoms. The van der Waals surface area contributed by atoms with Gasteiger partial charge in [0.25, 0.3) is 0 Å². The Morgan fingerprint density at radius 3 is 2.83 bits per heavy atom. The minimum absolute atomic E-state index is 0.325. The van der Waals surface area contributed by atoms with Crippen LogP contribution in [0.2, 0.25) is 0 Å². The molecule has 2 atom stereocenters. The fourth-order valence-electron chi connectivity index (χ4n) is 0.960. The third-order valence-corrected chi connectivity index (χ3v) is 2.24. The van der Waals surface area contributed by atoms with Gasteiger partial charge in [-0.15, -0.1) is 0 Å². The molecule has 1 N–H and O–H groups in total. The van der Waals surface area contributed by atoms with Gasteiger partial charge in [-0.25, -0.2) is 0 Å². The van der Waals surface area contributed by atoms with Crippen molar-refractivity contribution in [2.45, 2.75) is 26.9 Å². The van der Waals surface area contributed by atoms with Crippen LogP contribution in [0.3, 0.4) is 0 Å². The van der Waals surface area contributed by atoms with E-state index in [1.807, 2.05) is 26.0 Å². The van der Waals surface area contributed by atoms with Crippen LogP contribution in [0.1, 0.15) is 20.8 Å². The lowest BCUT2D eigenvalue weighted by atomic mass is 9.86. The van der Waals surface area contributed by atoms with Crippen molar-refractivity contribution in [1.82, 2.24) is 0 Å². The molecule has 0 saturated carbocycles. The normalized spacial score (nSPS) is 31.2. The molecule has 0 spiro atoms. The van der Waals surface area contributed by atoms with Gasteiger partial charge in [0.1, 0.15) is 0 Å². The molecule has 0 amide bonds. The van der Waals surface area contributed by atoms with Crippen LogP contribution in [0.15, 0.2) is 28.9 Å². The number of aliphatic imine (C=N–C) groups is 1. The van der Waals surface area contributed by atoms with Crippen LogP contribution in [0.4, 0.5) is 0 Å². The number of nitrogens with zero attached hydrogens (tertiary/aromatic N) is 1. The largest absolute Gasteiger partial charge is 0.392 e. The van der Waals surface area contributed by atoms with Gasteiger partial charge in [-0.1, -0.05) is 12.2 Å². The Labute approximate surface area is 73.3 Å². The highest BCUT2D eigenvalue weighted by Crippen LogP contribution is 2.23. The average Bonchev–Trinajstić information content (AvgIpc) is 2.15. The van der Waals surface area contributed by atoms with Crippen LogP contribution in [0.25, 0.3) is 0 Å². The molecule has 1 heterocycles. The number of allylic oxidation sites excluding steroid dienone is 2. The predicted molar refractivity (Wildman–Crippen MR) is 51.2 cm³/mol. The summed E-state index contributed by atoms with van der Waals surface area (Å²) in [6.07, 6.45) is 7.14. The number of hydrogen-bond donors (Lipinski definition) is 1. The van der Waals surface area contributed by atoms with Crippen LogP contribution in [-0.2, 0) is 0 Å². The van der Waals surface area contributed by atoms with Crippen LogP contribution >= 0.6 is 0 Å². The second-order valence-electron chi connectivity index (χ2n) is 3.53. The molecule has 0 aromatic heterocycles. The molecule has 66 valence electrons. The smallest absolute Gasteiger partial charge is 0.0650 e. The second kappa shape index (κ2) is 3.23. The van der Waals surface area contributed by atoms with E-state index in [9.17, 15) is 5.11 Å². The van der Waals surface area contributed by atoms with Crippen LogP contribution in [-0.4, -0.2) is 17.4 Å². The first-order valence-corrected chi connectivity index (χ1v) is 4.13. The zero-order chi connectivity index (χ0) is 9.19. The van der Waals surface area contributed by atoms with Gasteiger partial charge in [-0.2, -0.15) is 0 Å². The van der Waals surface area contributed by atoms with E-state index >= 15 is 0 Å². The summed E-state index contributed by atoms with van der Waals surface area (Å²) in [7, 11) is 0. The molecule has 0 aromatic carbocycles. The molecule has 2 heteroatoms. The first kappa shape index (κ1) is 9.20. The van der Waals surface area contributed by atoms with Gasteiger partial charge >= 0.3 is 0 Å². The molecule has 1 rings (SSSR count). The maximum absolute atomic E-state index is 9.48. The summed E-state index contributed by atoms with van der Waals surface area (Å²) in [6, 6.07) is 0. The highest BCUT2D eigenvalue weighted by atomic mass is 16.3. The summed E-state index contributed by atoms with van der Waals surface area (Å²) >= 11 is 0. The minimum Gasteiger partial charge on any atom is -0.392 e. The Hall–Kier alpha value is -0.890. The molecule has 0 fully saturated rings. The zero-order valence-electron chi connectivity index (χ0n) is 7.78. The summed E-state index contributed by atoms with van der Waals surface area (Å²) < 4.78 is 0. The maximum Gasteiger partial charge on any atom is 0.0650 e. The van der Waals surface area contributed by atoms with Crippen molar-refractivity contribution in [3.8, 4) is 0 Å². The molecule has 0 aromatic rings. The topological polar surface area (TPSA) is 32.6 Å². The van der Waals surface area contributed by atoms with E-state index in [2.05, 4.69) is 4.99 Å². The number of rotatable bonds is 1. The van der Waals surface area contributed by atoms with Crippen molar-refractivity contribution in [1.29, 1.82) is 0 Å². The highest BCUT2D eigenvalue weighted by molar-refractivity contribution is 5.70. The van der Waals surface area contributed by atoms with Crippen molar-refractivity contribution in [3.05, 3.63) is 23.9 Å². The fourth-order valence-corrected chi connectivity index (χ4v) is 0.960. The number of aliphatic hydroxyl groups is 1. The molecular formula is C10H15NO. The molecule has 1 aliphatic heterocycles. The number of aliphatic hydroxyl groups excluding tert-OH is 1. The van der Waals surface area contributed by atoms with Crippen molar-refractivity contribution >= 4 is 6.21 Å². The van der Waals surface area contributed by atoms with E-state index in [-0.39, 0.29) is 5.41 Å². The predicted octanol–water partition coefficient (Wildman–Crippen LogP) is 1.92. The summed E-state index contributed by atoms with van der Waals surface area (Å²) in [6.45, 7) is 5.72. The first-order chi connectivity index (χ1) is 5.54. The molecule has 0 aliphatic carbocycles. The highest BCUT2D eigenvalue weighted by Gasteiger charge is 2.25. The Morgan fingerprint density at radius 2 is 2.25 bits per heavy atom. The van der Waals surface area contributed by atoms with E-state index in [1.54, 1.807) is 19.3 Å². The Kier molecular flexibility index (Phi) is 2.48. The van der Waals surface area contributed by atoms with Gasteiger partial charge in [0.2, 0.25) is 0 Å². The van der Waals surface area contributed by atoms with Gasteiger partial charge < -0.3 is 5.11 Å². The second-order valence-corrected chi connectivity index (χ2v) is 3.53. The quantitative estimate of drug-likeness (QED) is 0.632. The van der Waals surface area contributed by atoms with Crippen LogP contribution in [0, 0.1) is 5.41 Å². The SMILES string of the molecule is CC1=CN=C[C@@](C)(C(C)O)C=C1. The monoisotopic (exact) mass is 165 g/mol. The zero-order valence-corrected chi connectivity index (χ0v) is 7.78. The molecular weight excluding hydrogens is 150 g/mol. The van der Waals surface area contributed by atoms with Crippen molar-refractivity contribution < 1.29 is 5.11 Å². The van der Waals surface area contributed by atoms with Crippen LogP contribution < -0.4 is 0 Å². The lowest BCUT2D eigenvalue weighted by Gasteiger charge is -2.23.